The predicted molar refractivity (Wildman–Crippen MR) is 75.5 cm³/mol. The Kier molecular flexibility index (Phi) is 4.64. The minimum atomic E-state index is -0.713. The van der Waals surface area contributed by atoms with Gasteiger partial charge in [-0.05, 0) is 73.8 Å². The summed E-state index contributed by atoms with van der Waals surface area (Å²) in [4.78, 5) is 11.1. The fourth-order valence-electron chi connectivity index (χ4n) is 0.819. The molecule has 3 N–H and O–H groups in total. The molecule has 0 unspecified atom stereocenters. The van der Waals surface area contributed by atoms with Gasteiger partial charge in [-0.2, -0.15) is 0 Å². The Morgan fingerprint density at radius 1 is 1.29 bits per heavy atom. The predicted octanol–water partition coefficient (Wildman–Crippen LogP) is 2.33. The lowest BCUT2D eigenvalue weighted by Crippen LogP contribution is -2.19. The summed E-state index contributed by atoms with van der Waals surface area (Å²) < 4.78 is 2.34. The molecule has 1 aromatic carbocycles. The summed E-state index contributed by atoms with van der Waals surface area (Å²) >= 11 is 6.08. The van der Waals surface area contributed by atoms with Crippen LogP contribution < -0.4 is 5.48 Å². The largest absolute Gasteiger partial charge is 0.506 e. The molecule has 0 bridgehead atoms. The van der Waals surface area contributed by atoms with Crippen LogP contribution in [0.5, 0.6) is 5.75 Å². The number of hydroxylamine groups is 1. The Balaban J connectivity index is 3.40. The van der Waals surface area contributed by atoms with Crippen LogP contribution in [0, 0.1) is 10.7 Å². The highest BCUT2D eigenvalue weighted by atomic mass is 127. The smallest absolute Gasteiger partial charge is 0.278 e. The van der Waals surface area contributed by atoms with Gasteiger partial charge in [0.2, 0.25) is 0 Å². The van der Waals surface area contributed by atoms with Crippen molar-refractivity contribution in [2.45, 2.75) is 0 Å². The topological polar surface area (TPSA) is 69.6 Å². The second-order valence-corrected chi connectivity index (χ2v) is 5.64. The molecule has 0 heterocycles. The number of rotatable bonds is 1. The van der Waals surface area contributed by atoms with Gasteiger partial charge in [0, 0.05) is 7.14 Å². The van der Waals surface area contributed by atoms with Gasteiger partial charge < -0.3 is 5.11 Å². The molecule has 1 aromatic rings. The van der Waals surface area contributed by atoms with Crippen molar-refractivity contribution in [1.29, 1.82) is 0 Å². The molecule has 0 spiro atoms. The van der Waals surface area contributed by atoms with Gasteiger partial charge in [0.15, 0.2) is 0 Å². The average molecular weight is 531 g/mol. The maximum absolute atomic E-state index is 11.1. The van der Waals surface area contributed by atoms with Crippen molar-refractivity contribution < 1.29 is 15.1 Å². The Morgan fingerprint density at radius 2 is 1.86 bits per heavy atom. The third-order valence-electron chi connectivity index (χ3n) is 1.48. The lowest BCUT2D eigenvalue weighted by Gasteiger charge is -2.07. The number of benzene rings is 1. The average Bonchev–Trinajstić information content (AvgIpc) is 2.19. The lowest BCUT2D eigenvalue weighted by atomic mass is 10.2. The summed E-state index contributed by atoms with van der Waals surface area (Å²) in [5.41, 5.74) is 1.56. The number of amides is 1. The van der Waals surface area contributed by atoms with Gasteiger partial charge in [-0.25, -0.2) is 5.48 Å². The van der Waals surface area contributed by atoms with Gasteiger partial charge >= 0.3 is 0 Å². The highest BCUT2D eigenvalue weighted by Gasteiger charge is 2.17. The molecule has 0 radical (unpaired) electrons. The van der Waals surface area contributed by atoms with Crippen molar-refractivity contribution in [3.05, 3.63) is 22.3 Å². The standard InChI is InChI=1S/C7H4I3NO3/c8-3-1-2(7(13)11-14)6(12)5(10)4(3)9/h1,12,14H,(H,11,13). The summed E-state index contributed by atoms with van der Waals surface area (Å²) in [7, 11) is 0. The summed E-state index contributed by atoms with van der Waals surface area (Å²) in [5.74, 6) is -0.823. The number of aromatic hydroxyl groups is 1. The molecule has 0 aromatic heterocycles. The fourth-order valence-corrected chi connectivity index (χ4v) is 2.91. The van der Waals surface area contributed by atoms with E-state index < -0.39 is 5.91 Å². The minimum Gasteiger partial charge on any atom is -0.506 e. The highest BCUT2D eigenvalue weighted by Crippen LogP contribution is 2.32. The van der Waals surface area contributed by atoms with Crippen molar-refractivity contribution in [3.8, 4) is 5.75 Å². The number of halogens is 3. The molecule has 0 saturated heterocycles. The van der Waals surface area contributed by atoms with E-state index in [0.29, 0.717) is 3.57 Å². The van der Waals surface area contributed by atoms with E-state index in [4.69, 9.17) is 5.21 Å². The lowest BCUT2D eigenvalue weighted by molar-refractivity contribution is 0.0703. The first kappa shape index (κ1) is 12.7. The van der Waals surface area contributed by atoms with E-state index in [-0.39, 0.29) is 11.3 Å². The number of carbonyl (C=O) groups is 1. The van der Waals surface area contributed by atoms with Crippen molar-refractivity contribution in [1.82, 2.24) is 5.48 Å². The third kappa shape index (κ3) is 2.41. The van der Waals surface area contributed by atoms with Gasteiger partial charge in [0.05, 0.1) is 9.13 Å². The van der Waals surface area contributed by atoms with E-state index in [1.54, 1.807) is 0 Å². The zero-order valence-corrected chi connectivity index (χ0v) is 13.0. The minimum absolute atomic E-state index is 0.0710. The Bertz CT molecular complexity index is 394. The molecule has 14 heavy (non-hydrogen) atoms. The third-order valence-corrected chi connectivity index (χ3v) is 6.57. The molecule has 0 aliphatic carbocycles. The summed E-state index contributed by atoms with van der Waals surface area (Å²) in [6, 6.07) is 1.52. The van der Waals surface area contributed by atoms with Crippen LogP contribution in [-0.4, -0.2) is 16.2 Å². The van der Waals surface area contributed by atoms with Crippen LogP contribution in [-0.2, 0) is 0 Å². The van der Waals surface area contributed by atoms with Gasteiger partial charge in [0.25, 0.3) is 5.91 Å². The number of hydrogen-bond acceptors (Lipinski definition) is 3. The zero-order valence-electron chi connectivity index (χ0n) is 6.51. The number of nitrogens with one attached hydrogen (secondary N) is 1. The molecular formula is C7H4I3NO3. The van der Waals surface area contributed by atoms with E-state index in [2.05, 4.69) is 45.2 Å². The fraction of sp³-hybridized carbons (Fsp3) is 0. The van der Waals surface area contributed by atoms with Crippen molar-refractivity contribution in [2.75, 3.05) is 0 Å². The van der Waals surface area contributed by atoms with Gasteiger partial charge in [-0.1, -0.05) is 0 Å². The number of carbonyl (C=O) groups excluding carboxylic acids is 1. The van der Waals surface area contributed by atoms with Crippen molar-refractivity contribution in [3.63, 3.8) is 0 Å². The van der Waals surface area contributed by atoms with Gasteiger partial charge in [0.1, 0.15) is 5.75 Å². The molecular weight excluding hydrogens is 527 g/mol. The maximum atomic E-state index is 11.1. The molecule has 0 aliphatic heterocycles. The molecule has 1 amide bonds. The quantitative estimate of drug-likeness (QED) is 0.226. The van der Waals surface area contributed by atoms with Crippen LogP contribution in [0.25, 0.3) is 0 Å². The summed E-state index contributed by atoms with van der Waals surface area (Å²) in [6.07, 6.45) is 0. The summed E-state index contributed by atoms with van der Waals surface area (Å²) in [5, 5.41) is 18.1. The monoisotopic (exact) mass is 531 g/mol. The van der Waals surface area contributed by atoms with Gasteiger partial charge in [-0.15, -0.1) is 0 Å². The summed E-state index contributed by atoms with van der Waals surface area (Å²) in [6.45, 7) is 0. The van der Waals surface area contributed by atoms with Crippen LogP contribution in [0.2, 0.25) is 0 Å². The van der Waals surface area contributed by atoms with Crippen LogP contribution in [0.4, 0.5) is 0 Å². The first-order valence-electron chi connectivity index (χ1n) is 3.30. The SMILES string of the molecule is O=C(NO)c1cc(I)c(I)c(I)c1O. The molecule has 4 nitrogen and oxygen atoms in total. The van der Waals surface area contributed by atoms with E-state index >= 15 is 0 Å². The van der Waals surface area contributed by atoms with Crippen molar-refractivity contribution in [2.24, 2.45) is 0 Å². The van der Waals surface area contributed by atoms with Crippen LogP contribution >= 0.6 is 67.8 Å². The van der Waals surface area contributed by atoms with Crippen LogP contribution in [0.3, 0.4) is 0 Å². The second kappa shape index (κ2) is 5.12. The van der Waals surface area contributed by atoms with Crippen LogP contribution in [0.1, 0.15) is 10.4 Å². The zero-order chi connectivity index (χ0) is 10.9. The van der Waals surface area contributed by atoms with E-state index in [1.807, 2.05) is 22.6 Å². The number of phenolic OH excluding ortho intramolecular Hbond substituents is 1. The van der Waals surface area contributed by atoms with E-state index in [1.165, 1.54) is 11.5 Å². The molecule has 0 atom stereocenters. The van der Waals surface area contributed by atoms with E-state index in [9.17, 15) is 9.90 Å². The van der Waals surface area contributed by atoms with Crippen molar-refractivity contribution >= 4 is 73.7 Å². The van der Waals surface area contributed by atoms with Crippen LogP contribution in [0.15, 0.2) is 6.07 Å². The Hall–Kier alpha value is 0.640. The molecule has 7 heteroatoms. The maximum Gasteiger partial charge on any atom is 0.278 e. The Labute approximate surface area is 121 Å². The number of hydrogen-bond donors (Lipinski definition) is 3. The van der Waals surface area contributed by atoms with Gasteiger partial charge in [-0.3, -0.25) is 10.0 Å². The molecule has 0 fully saturated rings. The second-order valence-electron chi connectivity index (χ2n) is 2.32. The number of phenols is 1. The molecule has 76 valence electrons. The Morgan fingerprint density at radius 3 is 2.36 bits per heavy atom. The normalized spacial score (nSPS) is 10.0. The van der Waals surface area contributed by atoms with E-state index in [0.717, 1.165) is 7.14 Å². The molecule has 0 aliphatic rings. The molecule has 1 rings (SSSR count). The molecule has 0 saturated carbocycles. The first-order chi connectivity index (χ1) is 6.49. The first-order valence-corrected chi connectivity index (χ1v) is 6.53. The highest BCUT2D eigenvalue weighted by molar-refractivity contribution is 14.1.